The van der Waals surface area contributed by atoms with E-state index in [-0.39, 0.29) is 12.5 Å². The molecule has 0 radical (unpaired) electrons. The first-order chi connectivity index (χ1) is 10.9. The van der Waals surface area contributed by atoms with Gasteiger partial charge in [-0.1, -0.05) is 42.3 Å². The third-order valence-corrected chi connectivity index (χ3v) is 5.16. The molecule has 2 atom stereocenters. The summed E-state index contributed by atoms with van der Waals surface area (Å²) in [5.41, 5.74) is 7.76. The molecule has 3 rings (SSSR count). The summed E-state index contributed by atoms with van der Waals surface area (Å²) in [6.07, 6.45) is 0. The summed E-state index contributed by atoms with van der Waals surface area (Å²) < 4.78 is 25.1. The highest BCUT2D eigenvalue weighted by Crippen LogP contribution is 2.49. The molecule has 1 heterocycles. The minimum atomic E-state index is -2.43. The molecule has 0 aromatic heterocycles. The van der Waals surface area contributed by atoms with E-state index in [0.29, 0.717) is 5.75 Å². The largest absolute Gasteiger partial charge is 0.439 e. The highest BCUT2D eigenvalue weighted by Gasteiger charge is 2.26. The van der Waals surface area contributed by atoms with Gasteiger partial charge in [0.1, 0.15) is 5.75 Å². The molecule has 1 aliphatic heterocycles. The number of halogens is 1. The first-order valence-corrected chi connectivity index (χ1v) is 8.91. The van der Waals surface area contributed by atoms with Crippen molar-refractivity contribution in [3.8, 4) is 5.75 Å². The fourth-order valence-corrected chi connectivity index (χ4v) is 4.10. The van der Waals surface area contributed by atoms with Crippen LogP contribution in [-0.2, 0) is 11.1 Å². The Labute approximate surface area is 138 Å². The second kappa shape index (κ2) is 6.22. The van der Waals surface area contributed by atoms with Gasteiger partial charge in [0.05, 0.1) is 6.61 Å². The molecule has 0 saturated heterocycles. The van der Waals surface area contributed by atoms with E-state index in [1.54, 1.807) is 0 Å². The van der Waals surface area contributed by atoms with Crippen LogP contribution in [-0.4, -0.2) is 0 Å². The van der Waals surface area contributed by atoms with Gasteiger partial charge in [-0.15, -0.1) is 4.20 Å². The van der Waals surface area contributed by atoms with E-state index in [1.807, 2.05) is 13.0 Å². The van der Waals surface area contributed by atoms with Crippen molar-refractivity contribution in [1.82, 2.24) is 0 Å². The first kappa shape index (κ1) is 16.4. The highest BCUT2D eigenvalue weighted by molar-refractivity contribution is 7.41. The van der Waals surface area contributed by atoms with Gasteiger partial charge >= 0.3 is 8.69 Å². The summed E-state index contributed by atoms with van der Waals surface area (Å²) in [6.45, 7) is 10.6. The average molecular weight is 332 g/mol. The van der Waals surface area contributed by atoms with Crippen LogP contribution in [0.1, 0.15) is 51.8 Å². The van der Waals surface area contributed by atoms with Crippen LogP contribution < -0.4 is 4.52 Å². The van der Waals surface area contributed by atoms with E-state index in [0.717, 1.165) is 27.8 Å². The Bertz CT molecular complexity index is 758. The van der Waals surface area contributed by atoms with Gasteiger partial charge in [-0.05, 0) is 49.9 Å². The Kier molecular flexibility index (Phi) is 4.44. The van der Waals surface area contributed by atoms with Crippen LogP contribution in [0, 0.1) is 27.7 Å². The Balaban J connectivity index is 2.26. The van der Waals surface area contributed by atoms with Crippen molar-refractivity contribution in [2.45, 2.75) is 47.1 Å². The molecule has 122 valence electrons. The molecule has 0 fully saturated rings. The Hall–Kier alpha value is -1.44. The van der Waals surface area contributed by atoms with E-state index < -0.39 is 8.69 Å². The molecule has 2 aromatic rings. The third kappa shape index (κ3) is 3.13. The standard InChI is InChI=1S/C19H22FO2P/c1-11-6-13(3)18-10-21-23(20)22-19-14(4)7-12(2)9-17(19)15(5)16(18)8-11/h6-9,15H,10H2,1-5H3. The molecular weight excluding hydrogens is 310 g/mol. The number of fused-ring (bicyclic) bond motifs is 2. The molecule has 2 aromatic carbocycles. The van der Waals surface area contributed by atoms with E-state index in [2.05, 4.69) is 45.9 Å². The van der Waals surface area contributed by atoms with E-state index in [4.69, 9.17) is 9.05 Å². The van der Waals surface area contributed by atoms with Crippen molar-refractivity contribution >= 4 is 8.69 Å². The molecule has 4 heteroatoms. The van der Waals surface area contributed by atoms with Gasteiger partial charge in [0.15, 0.2) is 0 Å². The van der Waals surface area contributed by atoms with E-state index >= 15 is 0 Å². The van der Waals surface area contributed by atoms with Crippen molar-refractivity contribution in [3.63, 3.8) is 0 Å². The molecule has 0 spiro atoms. The molecule has 0 bridgehead atoms. The summed E-state index contributed by atoms with van der Waals surface area (Å²) in [5.74, 6) is 0.756. The van der Waals surface area contributed by atoms with Crippen LogP contribution in [0.15, 0.2) is 24.3 Å². The maximum absolute atomic E-state index is 14.2. The minimum Gasteiger partial charge on any atom is -0.423 e. The summed E-state index contributed by atoms with van der Waals surface area (Å²) in [5, 5.41) is 0. The summed E-state index contributed by atoms with van der Waals surface area (Å²) in [6, 6.07) is 8.43. The predicted octanol–water partition coefficient (Wildman–Crippen LogP) is 6.18. The molecule has 23 heavy (non-hydrogen) atoms. The van der Waals surface area contributed by atoms with Crippen LogP contribution in [0.25, 0.3) is 0 Å². The van der Waals surface area contributed by atoms with E-state index in [1.165, 1.54) is 11.1 Å². The zero-order valence-corrected chi connectivity index (χ0v) is 15.1. The monoisotopic (exact) mass is 332 g/mol. The SMILES string of the molecule is Cc1cc(C)c2c(c1)C(C)c1cc(C)cc(C)c1OP(F)OC2. The quantitative estimate of drug-likeness (QED) is 0.537. The zero-order chi connectivity index (χ0) is 16.7. The van der Waals surface area contributed by atoms with Crippen molar-refractivity contribution in [1.29, 1.82) is 0 Å². The predicted molar refractivity (Wildman–Crippen MR) is 92.8 cm³/mol. The van der Waals surface area contributed by atoms with Crippen LogP contribution in [0.4, 0.5) is 4.20 Å². The van der Waals surface area contributed by atoms with Crippen LogP contribution >= 0.6 is 8.69 Å². The molecule has 1 aliphatic rings. The lowest BCUT2D eigenvalue weighted by molar-refractivity contribution is 0.276. The fourth-order valence-electron chi connectivity index (χ4n) is 3.43. The normalized spacial score (nSPS) is 20.6. The zero-order valence-electron chi connectivity index (χ0n) is 14.2. The van der Waals surface area contributed by atoms with Gasteiger partial charge < -0.3 is 4.52 Å². The number of aryl methyl sites for hydroxylation is 4. The minimum absolute atomic E-state index is 0.127. The highest BCUT2D eigenvalue weighted by atomic mass is 31.2. The summed E-state index contributed by atoms with van der Waals surface area (Å²) >= 11 is 0. The van der Waals surface area contributed by atoms with Gasteiger partial charge in [-0.25, -0.2) is 0 Å². The van der Waals surface area contributed by atoms with Gasteiger partial charge in [0.25, 0.3) is 0 Å². The van der Waals surface area contributed by atoms with Crippen LogP contribution in [0.2, 0.25) is 0 Å². The second-order valence-corrected chi connectivity index (χ2v) is 7.31. The van der Waals surface area contributed by atoms with Crippen molar-refractivity contribution in [2.24, 2.45) is 0 Å². The third-order valence-electron chi connectivity index (χ3n) is 4.51. The van der Waals surface area contributed by atoms with Crippen LogP contribution in [0.3, 0.4) is 0 Å². The summed E-state index contributed by atoms with van der Waals surface area (Å²) in [7, 11) is -2.43. The Morgan fingerprint density at radius 2 is 1.57 bits per heavy atom. The van der Waals surface area contributed by atoms with Gasteiger partial charge in [-0.3, -0.25) is 4.52 Å². The second-order valence-electron chi connectivity index (χ2n) is 6.45. The maximum atomic E-state index is 14.2. The fraction of sp³-hybridized carbons (Fsp3) is 0.368. The van der Waals surface area contributed by atoms with Crippen molar-refractivity contribution in [2.75, 3.05) is 0 Å². The van der Waals surface area contributed by atoms with Crippen molar-refractivity contribution < 1.29 is 13.2 Å². The lowest BCUT2D eigenvalue weighted by atomic mass is 9.85. The Morgan fingerprint density at radius 1 is 0.957 bits per heavy atom. The molecule has 0 amide bonds. The molecule has 2 unspecified atom stereocenters. The smallest absolute Gasteiger partial charge is 0.423 e. The lowest BCUT2D eigenvalue weighted by Gasteiger charge is -2.21. The van der Waals surface area contributed by atoms with Crippen molar-refractivity contribution in [3.05, 3.63) is 63.2 Å². The first-order valence-electron chi connectivity index (χ1n) is 7.84. The van der Waals surface area contributed by atoms with Gasteiger partial charge in [0.2, 0.25) is 0 Å². The number of benzene rings is 2. The van der Waals surface area contributed by atoms with E-state index in [9.17, 15) is 4.20 Å². The Morgan fingerprint density at radius 3 is 2.26 bits per heavy atom. The molecule has 2 nitrogen and oxygen atoms in total. The molecule has 0 aliphatic carbocycles. The lowest BCUT2D eigenvalue weighted by Crippen LogP contribution is -2.05. The number of hydrogen-bond donors (Lipinski definition) is 0. The molecule has 0 saturated carbocycles. The topological polar surface area (TPSA) is 18.5 Å². The molecule has 0 N–H and O–H groups in total. The van der Waals surface area contributed by atoms with Gasteiger partial charge in [0, 0.05) is 11.5 Å². The molecular formula is C19H22FO2P. The number of hydrogen-bond acceptors (Lipinski definition) is 2. The average Bonchev–Trinajstić information content (AvgIpc) is 2.51. The maximum Gasteiger partial charge on any atom is 0.439 e. The summed E-state index contributed by atoms with van der Waals surface area (Å²) in [4.78, 5) is 0. The van der Waals surface area contributed by atoms with Crippen LogP contribution in [0.5, 0.6) is 5.75 Å². The number of rotatable bonds is 0. The van der Waals surface area contributed by atoms with Gasteiger partial charge in [-0.2, -0.15) is 0 Å².